The fourth-order valence-corrected chi connectivity index (χ4v) is 1.95. The highest BCUT2D eigenvalue weighted by molar-refractivity contribution is 5.87. The predicted molar refractivity (Wildman–Crippen MR) is 60.6 cm³/mol. The van der Waals surface area contributed by atoms with E-state index >= 15 is 0 Å². The molecule has 0 aromatic rings. The molecular weight excluding hydrogens is 204 g/mol. The van der Waals surface area contributed by atoms with Gasteiger partial charge in [-0.3, -0.25) is 4.79 Å². The van der Waals surface area contributed by atoms with Crippen LogP contribution in [0.2, 0.25) is 0 Å². The van der Waals surface area contributed by atoms with Crippen LogP contribution >= 0.6 is 0 Å². The second-order valence-corrected chi connectivity index (χ2v) is 3.90. The number of nitrogens with zero attached hydrogens (tertiary/aromatic N) is 2. The standard InChI is InChI=1S/C12H18N2O2/c1-16-10-4-6-12(15)14-9-3-2-5-11(14)7-8-13/h4,6,11H,2-3,5,7,9-10H2,1H3/b6-4+/t11-/m0/s1. The van der Waals surface area contributed by atoms with Crippen molar-refractivity contribution < 1.29 is 9.53 Å². The molecule has 0 aromatic carbocycles. The molecule has 1 aliphatic rings. The minimum Gasteiger partial charge on any atom is -0.381 e. The number of ether oxygens (including phenoxy) is 1. The highest BCUT2D eigenvalue weighted by Crippen LogP contribution is 2.19. The molecule has 1 rings (SSSR count). The lowest BCUT2D eigenvalue weighted by atomic mass is 10.00. The maximum absolute atomic E-state index is 11.8. The first-order valence-corrected chi connectivity index (χ1v) is 5.62. The number of hydrogen-bond acceptors (Lipinski definition) is 3. The summed E-state index contributed by atoms with van der Waals surface area (Å²) in [5.74, 6) is -0.00278. The van der Waals surface area contributed by atoms with Crippen LogP contribution in [0, 0.1) is 11.3 Å². The molecule has 0 radical (unpaired) electrons. The van der Waals surface area contributed by atoms with E-state index in [1.54, 1.807) is 24.2 Å². The fraction of sp³-hybridized carbons (Fsp3) is 0.667. The van der Waals surface area contributed by atoms with Gasteiger partial charge in [0.15, 0.2) is 0 Å². The Labute approximate surface area is 96.5 Å². The van der Waals surface area contributed by atoms with Crippen LogP contribution in [-0.2, 0) is 9.53 Å². The topological polar surface area (TPSA) is 53.3 Å². The van der Waals surface area contributed by atoms with Gasteiger partial charge in [-0.05, 0) is 19.3 Å². The monoisotopic (exact) mass is 222 g/mol. The number of amides is 1. The molecule has 1 heterocycles. The smallest absolute Gasteiger partial charge is 0.246 e. The average Bonchev–Trinajstić information content (AvgIpc) is 2.30. The Kier molecular flexibility index (Phi) is 5.58. The number of likely N-dealkylation sites (tertiary alicyclic amines) is 1. The number of carbonyl (C=O) groups excluding carboxylic acids is 1. The SMILES string of the molecule is COC/C=C/C(=O)N1CCCC[C@H]1CC#N. The van der Waals surface area contributed by atoms with Crippen molar-refractivity contribution in [3.63, 3.8) is 0 Å². The Morgan fingerprint density at radius 3 is 3.12 bits per heavy atom. The number of piperidine rings is 1. The largest absolute Gasteiger partial charge is 0.381 e. The second-order valence-electron chi connectivity index (χ2n) is 3.90. The maximum Gasteiger partial charge on any atom is 0.246 e. The predicted octanol–water partition coefficient (Wildman–Crippen LogP) is 1.48. The van der Waals surface area contributed by atoms with Crippen molar-refractivity contribution in [2.75, 3.05) is 20.3 Å². The zero-order valence-electron chi connectivity index (χ0n) is 9.69. The first kappa shape index (κ1) is 12.7. The third kappa shape index (κ3) is 3.67. The molecule has 0 aliphatic carbocycles. The van der Waals surface area contributed by atoms with Crippen LogP contribution in [0.4, 0.5) is 0 Å². The van der Waals surface area contributed by atoms with Gasteiger partial charge < -0.3 is 9.64 Å². The van der Waals surface area contributed by atoms with E-state index in [1.165, 1.54) is 0 Å². The van der Waals surface area contributed by atoms with Crippen LogP contribution < -0.4 is 0 Å². The van der Waals surface area contributed by atoms with Crippen LogP contribution in [0.1, 0.15) is 25.7 Å². The molecule has 1 fully saturated rings. The first-order chi connectivity index (χ1) is 7.79. The third-order valence-corrected chi connectivity index (χ3v) is 2.76. The number of carbonyl (C=O) groups is 1. The summed E-state index contributed by atoms with van der Waals surface area (Å²) in [4.78, 5) is 13.6. The lowest BCUT2D eigenvalue weighted by Gasteiger charge is -2.33. The van der Waals surface area contributed by atoms with E-state index < -0.39 is 0 Å². The van der Waals surface area contributed by atoms with Crippen LogP contribution in [0.25, 0.3) is 0 Å². The van der Waals surface area contributed by atoms with Gasteiger partial charge in [-0.15, -0.1) is 0 Å². The molecule has 0 aromatic heterocycles. The van der Waals surface area contributed by atoms with Crippen LogP contribution in [-0.4, -0.2) is 37.1 Å². The normalized spacial score (nSPS) is 21.0. The maximum atomic E-state index is 11.8. The molecule has 0 bridgehead atoms. The fourth-order valence-electron chi connectivity index (χ4n) is 1.95. The average molecular weight is 222 g/mol. The van der Waals surface area contributed by atoms with E-state index in [1.807, 2.05) is 0 Å². The summed E-state index contributed by atoms with van der Waals surface area (Å²) in [7, 11) is 1.59. The molecule has 0 N–H and O–H groups in total. The van der Waals surface area contributed by atoms with E-state index in [4.69, 9.17) is 10.00 Å². The molecule has 88 valence electrons. The summed E-state index contributed by atoms with van der Waals surface area (Å²) >= 11 is 0. The molecule has 1 saturated heterocycles. The van der Waals surface area contributed by atoms with Crippen LogP contribution in [0.15, 0.2) is 12.2 Å². The Hall–Kier alpha value is -1.34. The first-order valence-electron chi connectivity index (χ1n) is 5.62. The molecule has 16 heavy (non-hydrogen) atoms. The van der Waals surface area contributed by atoms with Crippen molar-refractivity contribution in [3.8, 4) is 6.07 Å². The van der Waals surface area contributed by atoms with Crippen LogP contribution in [0.5, 0.6) is 0 Å². The molecule has 0 unspecified atom stereocenters. The van der Waals surface area contributed by atoms with Crippen molar-refractivity contribution in [2.45, 2.75) is 31.7 Å². The van der Waals surface area contributed by atoms with E-state index in [9.17, 15) is 4.79 Å². The van der Waals surface area contributed by atoms with Gasteiger partial charge in [0, 0.05) is 25.8 Å². The van der Waals surface area contributed by atoms with E-state index in [2.05, 4.69) is 6.07 Å². The van der Waals surface area contributed by atoms with Gasteiger partial charge >= 0.3 is 0 Å². The minimum atomic E-state index is -0.00278. The second kappa shape index (κ2) is 7.02. The zero-order valence-corrected chi connectivity index (χ0v) is 9.69. The zero-order chi connectivity index (χ0) is 11.8. The highest BCUT2D eigenvalue weighted by Gasteiger charge is 2.24. The molecule has 0 spiro atoms. The lowest BCUT2D eigenvalue weighted by Crippen LogP contribution is -2.42. The summed E-state index contributed by atoms with van der Waals surface area (Å²) in [5, 5.41) is 8.71. The van der Waals surface area contributed by atoms with Crippen molar-refractivity contribution in [3.05, 3.63) is 12.2 Å². The Morgan fingerprint density at radius 2 is 2.44 bits per heavy atom. The number of hydrogen-bond donors (Lipinski definition) is 0. The number of rotatable bonds is 4. The van der Waals surface area contributed by atoms with Crippen molar-refractivity contribution in [1.82, 2.24) is 4.90 Å². The van der Waals surface area contributed by atoms with Gasteiger partial charge in [0.25, 0.3) is 0 Å². The molecular formula is C12H18N2O2. The highest BCUT2D eigenvalue weighted by atomic mass is 16.5. The molecule has 0 saturated carbocycles. The number of nitriles is 1. The minimum absolute atomic E-state index is 0.00278. The molecule has 4 heteroatoms. The van der Waals surface area contributed by atoms with E-state index in [-0.39, 0.29) is 11.9 Å². The molecule has 1 aliphatic heterocycles. The summed E-state index contributed by atoms with van der Waals surface area (Å²) in [5.41, 5.74) is 0. The van der Waals surface area contributed by atoms with Crippen molar-refractivity contribution in [1.29, 1.82) is 5.26 Å². The summed E-state index contributed by atoms with van der Waals surface area (Å²) in [6.45, 7) is 1.21. The van der Waals surface area contributed by atoms with Crippen molar-refractivity contribution >= 4 is 5.91 Å². The number of methoxy groups -OCH3 is 1. The van der Waals surface area contributed by atoms with Crippen LogP contribution in [0.3, 0.4) is 0 Å². The van der Waals surface area contributed by atoms with Gasteiger partial charge in [0.2, 0.25) is 5.91 Å². The van der Waals surface area contributed by atoms with E-state index in [0.717, 1.165) is 25.8 Å². The van der Waals surface area contributed by atoms with Gasteiger partial charge in [-0.1, -0.05) is 6.08 Å². The van der Waals surface area contributed by atoms with Gasteiger partial charge in [-0.2, -0.15) is 5.26 Å². The van der Waals surface area contributed by atoms with Gasteiger partial charge in [-0.25, -0.2) is 0 Å². The summed E-state index contributed by atoms with van der Waals surface area (Å²) in [6.07, 6.45) is 6.77. The molecule has 1 atom stereocenters. The Morgan fingerprint density at radius 1 is 1.62 bits per heavy atom. The Bertz CT molecular complexity index is 294. The van der Waals surface area contributed by atoms with Gasteiger partial charge in [0.1, 0.15) is 0 Å². The molecule has 1 amide bonds. The quantitative estimate of drug-likeness (QED) is 0.677. The van der Waals surface area contributed by atoms with E-state index in [0.29, 0.717) is 13.0 Å². The lowest BCUT2D eigenvalue weighted by molar-refractivity contribution is -0.129. The summed E-state index contributed by atoms with van der Waals surface area (Å²) in [6, 6.07) is 2.24. The Balaban J connectivity index is 2.54. The third-order valence-electron chi connectivity index (χ3n) is 2.76. The molecule has 4 nitrogen and oxygen atoms in total. The van der Waals surface area contributed by atoms with Gasteiger partial charge in [0.05, 0.1) is 19.1 Å². The summed E-state index contributed by atoms with van der Waals surface area (Å²) < 4.78 is 4.84. The van der Waals surface area contributed by atoms with Crippen molar-refractivity contribution in [2.24, 2.45) is 0 Å².